The molecule has 0 aromatic carbocycles. The van der Waals surface area contributed by atoms with E-state index in [9.17, 15) is 4.79 Å². The summed E-state index contributed by atoms with van der Waals surface area (Å²) in [5, 5.41) is 0. The Labute approximate surface area is 110 Å². The average Bonchev–Trinajstić information content (AvgIpc) is 3.11. The van der Waals surface area contributed by atoms with Crippen LogP contribution in [-0.4, -0.2) is 54.0 Å². The number of carbonyl (C=O) groups excluding carboxylic acids is 1. The Morgan fingerprint density at radius 1 is 1.18 bits per heavy atom. The molecule has 1 aliphatic heterocycles. The van der Waals surface area contributed by atoms with Crippen LogP contribution in [0.25, 0.3) is 0 Å². The van der Waals surface area contributed by atoms with E-state index in [2.05, 4.69) is 4.90 Å². The number of hydrogen-bond donors (Lipinski definition) is 1. The molecule has 1 atom stereocenters. The zero-order chi connectivity index (χ0) is 11.7. The topological polar surface area (TPSA) is 49.6 Å². The number of amides is 1. The van der Waals surface area contributed by atoms with Gasteiger partial charge in [-0.2, -0.15) is 0 Å². The van der Waals surface area contributed by atoms with Crippen molar-refractivity contribution in [2.45, 2.75) is 38.8 Å². The Bertz CT molecular complexity index is 260. The van der Waals surface area contributed by atoms with Crippen LogP contribution in [0, 0.1) is 5.92 Å². The van der Waals surface area contributed by atoms with Crippen LogP contribution in [0.15, 0.2) is 0 Å². The number of hydrogen-bond acceptors (Lipinski definition) is 3. The van der Waals surface area contributed by atoms with Crippen LogP contribution < -0.4 is 5.73 Å². The average molecular weight is 262 g/mol. The van der Waals surface area contributed by atoms with E-state index >= 15 is 0 Å². The molecule has 1 heterocycles. The van der Waals surface area contributed by atoms with Crippen LogP contribution in [-0.2, 0) is 4.79 Å². The van der Waals surface area contributed by atoms with Gasteiger partial charge >= 0.3 is 0 Å². The zero-order valence-corrected chi connectivity index (χ0v) is 11.6. The maximum atomic E-state index is 12.0. The third kappa shape index (κ3) is 3.57. The second-order valence-corrected chi connectivity index (χ2v) is 5.36. The predicted molar refractivity (Wildman–Crippen MR) is 71.2 cm³/mol. The van der Waals surface area contributed by atoms with Gasteiger partial charge in [0, 0.05) is 32.2 Å². The fourth-order valence-corrected chi connectivity index (χ4v) is 2.24. The molecule has 1 saturated carbocycles. The van der Waals surface area contributed by atoms with Crippen LogP contribution >= 0.6 is 12.4 Å². The first kappa shape index (κ1) is 14.7. The summed E-state index contributed by atoms with van der Waals surface area (Å²) in [4.78, 5) is 16.5. The first-order valence-electron chi connectivity index (χ1n) is 6.38. The molecule has 2 fully saturated rings. The number of nitrogens with zero attached hydrogens (tertiary/aromatic N) is 2. The highest BCUT2D eigenvalue weighted by Crippen LogP contribution is 2.27. The smallest absolute Gasteiger partial charge is 0.239 e. The molecule has 1 aliphatic carbocycles. The normalized spacial score (nSPS) is 23.4. The number of piperazine rings is 1. The number of carbonyl (C=O) groups is 1. The largest absolute Gasteiger partial charge is 0.339 e. The molecule has 17 heavy (non-hydrogen) atoms. The standard InChI is InChI=1S/C12H23N3O.ClH/c1-9(2)11(13)12(16)15-7-5-14(6-8-15)10-3-4-10;/h9-11H,3-8,13H2,1-2H3;1H/t11-;/m0./s1. The maximum absolute atomic E-state index is 12.0. The fourth-order valence-electron chi connectivity index (χ4n) is 2.24. The molecule has 0 aromatic rings. The van der Waals surface area contributed by atoms with Gasteiger partial charge in [0.2, 0.25) is 5.91 Å². The Hall–Kier alpha value is -0.320. The second kappa shape index (κ2) is 6.03. The first-order chi connectivity index (χ1) is 7.59. The number of nitrogens with two attached hydrogens (primary N) is 1. The molecule has 1 saturated heterocycles. The van der Waals surface area contributed by atoms with Gasteiger partial charge in [-0.1, -0.05) is 13.8 Å². The molecule has 4 nitrogen and oxygen atoms in total. The summed E-state index contributed by atoms with van der Waals surface area (Å²) in [7, 11) is 0. The van der Waals surface area contributed by atoms with Crippen molar-refractivity contribution in [3.05, 3.63) is 0 Å². The molecule has 100 valence electrons. The molecular weight excluding hydrogens is 238 g/mol. The van der Waals surface area contributed by atoms with Gasteiger partial charge in [-0.25, -0.2) is 0 Å². The minimum atomic E-state index is -0.326. The third-order valence-electron chi connectivity index (χ3n) is 3.69. The molecule has 5 heteroatoms. The lowest BCUT2D eigenvalue weighted by atomic mass is 10.0. The Kier molecular flexibility index (Phi) is 5.22. The molecule has 0 bridgehead atoms. The van der Waals surface area contributed by atoms with Crippen LogP contribution in [0.5, 0.6) is 0 Å². The van der Waals surface area contributed by atoms with Crippen LogP contribution in [0.2, 0.25) is 0 Å². The SMILES string of the molecule is CC(C)[C@H](N)C(=O)N1CCN(C2CC2)CC1.Cl. The van der Waals surface area contributed by atoms with Crippen LogP contribution in [0.1, 0.15) is 26.7 Å². The van der Waals surface area contributed by atoms with Crippen molar-refractivity contribution in [2.24, 2.45) is 11.7 Å². The molecule has 2 N–H and O–H groups in total. The van der Waals surface area contributed by atoms with Crippen molar-refractivity contribution in [3.63, 3.8) is 0 Å². The van der Waals surface area contributed by atoms with E-state index < -0.39 is 0 Å². The minimum absolute atomic E-state index is 0. The van der Waals surface area contributed by atoms with E-state index in [-0.39, 0.29) is 30.3 Å². The third-order valence-corrected chi connectivity index (χ3v) is 3.69. The molecule has 1 amide bonds. The molecule has 0 aromatic heterocycles. The van der Waals surface area contributed by atoms with Crippen molar-refractivity contribution in [3.8, 4) is 0 Å². The molecule has 2 aliphatic rings. The van der Waals surface area contributed by atoms with Gasteiger partial charge in [-0.15, -0.1) is 12.4 Å². The van der Waals surface area contributed by atoms with Gasteiger partial charge < -0.3 is 10.6 Å². The summed E-state index contributed by atoms with van der Waals surface area (Å²) in [5.41, 5.74) is 5.89. The number of rotatable bonds is 3. The lowest BCUT2D eigenvalue weighted by Gasteiger charge is -2.36. The van der Waals surface area contributed by atoms with Gasteiger partial charge in [-0.3, -0.25) is 9.69 Å². The van der Waals surface area contributed by atoms with Crippen LogP contribution in [0.4, 0.5) is 0 Å². The first-order valence-corrected chi connectivity index (χ1v) is 6.38. The summed E-state index contributed by atoms with van der Waals surface area (Å²) in [6.07, 6.45) is 2.69. The highest BCUT2D eigenvalue weighted by Gasteiger charge is 2.33. The van der Waals surface area contributed by atoms with Gasteiger partial charge in [0.05, 0.1) is 6.04 Å². The molecule has 0 unspecified atom stereocenters. The monoisotopic (exact) mass is 261 g/mol. The molecule has 0 radical (unpaired) electrons. The lowest BCUT2D eigenvalue weighted by molar-refractivity contribution is -0.135. The zero-order valence-electron chi connectivity index (χ0n) is 10.8. The predicted octanol–water partition coefficient (Wildman–Crippen LogP) is 0.698. The van der Waals surface area contributed by atoms with Crippen molar-refractivity contribution < 1.29 is 4.79 Å². The van der Waals surface area contributed by atoms with E-state index in [0.29, 0.717) is 0 Å². The van der Waals surface area contributed by atoms with Gasteiger partial charge in [0.1, 0.15) is 0 Å². The molecule has 2 rings (SSSR count). The van der Waals surface area contributed by atoms with Crippen molar-refractivity contribution in [1.29, 1.82) is 0 Å². The van der Waals surface area contributed by atoms with E-state index in [1.807, 2.05) is 18.7 Å². The lowest BCUT2D eigenvalue weighted by Crippen LogP contribution is -2.54. The molecular formula is C12H24ClN3O. The number of halogens is 1. The summed E-state index contributed by atoms with van der Waals surface area (Å²) < 4.78 is 0. The van der Waals surface area contributed by atoms with Crippen molar-refractivity contribution in [2.75, 3.05) is 26.2 Å². The quantitative estimate of drug-likeness (QED) is 0.814. The van der Waals surface area contributed by atoms with Gasteiger partial charge in [0.15, 0.2) is 0 Å². The van der Waals surface area contributed by atoms with Crippen molar-refractivity contribution in [1.82, 2.24) is 9.80 Å². The Morgan fingerprint density at radius 2 is 1.71 bits per heavy atom. The van der Waals surface area contributed by atoms with E-state index in [1.54, 1.807) is 0 Å². The Morgan fingerprint density at radius 3 is 2.12 bits per heavy atom. The minimum Gasteiger partial charge on any atom is -0.339 e. The molecule has 0 spiro atoms. The fraction of sp³-hybridized carbons (Fsp3) is 0.917. The Balaban J connectivity index is 0.00000144. The second-order valence-electron chi connectivity index (χ2n) is 5.36. The highest BCUT2D eigenvalue weighted by molar-refractivity contribution is 5.85. The summed E-state index contributed by atoms with van der Waals surface area (Å²) in [5.74, 6) is 0.361. The van der Waals surface area contributed by atoms with E-state index in [4.69, 9.17) is 5.73 Å². The summed E-state index contributed by atoms with van der Waals surface area (Å²) in [6.45, 7) is 7.78. The van der Waals surface area contributed by atoms with Crippen molar-refractivity contribution >= 4 is 18.3 Å². The highest BCUT2D eigenvalue weighted by atomic mass is 35.5. The van der Waals surface area contributed by atoms with E-state index in [0.717, 1.165) is 32.2 Å². The summed E-state index contributed by atoms with van der Waals surface area (Å²) >= 11 is 0. The summed E-state index contributed by atoms with van der Waals surface area (Å²) in [6, 6.07) is 0.489. The van der Waals surface area contributed by atoms with Gasteiger partial charge in [-0.05, 0) is 18.8 Å². The van der Waals surface area contributed by atoms with E-state index in [1.165, 1.54) is 12.8 Å². The maximum Gasteiger partial charge on any atom is 0.239 e. The van der Waals surface area contributed by atoms with Crippen LogP contribution in [0.3, 0.4) is 0 Å². The van der Waals surface area contributed by atoms with Gasteiger partial charge in [0.25, 0.3) is 0 Å².